The molecule has 1 aliphatic rings. The summed E-state index contributed by atoms with van der Waals surface area (Å²) in [7, 11) is 0. The third-order valence-corrected chi connectivity index (χ3v) is 3.27. The number of rotatable bonds is 4. The molecule has 0 atom stereocenters. The van der Waals surface area contributed by atoms with Crippen LogP contribution in [0.2, 0.25) is 0 Å². The van der Waals surface area contributed by atoms with Gasteiger partial charge in [0.05, 0.1) is 24.5 Å². The second kappa shape index (κ2) is 6.83. The molecule has 0 saturated heterocycles. The molecule has 1 aromatic rings. The van der Waals surface area contributed by atoms with Crippen molar-refractivity contribution in [3.8, 4) is 0 Å². The molecule has 2 heterocycles. The van der Waals surface area contributed by atoms with E-state index in [4.69, 9.17) is 9.47 Å². The van der Waals surface area contributed by atoms with Crippen LogP contribution in [0, 0.1) is 5.82 Å². The van der Waals surface area contributed by atoms with Gasteiger partial charge in [0.15, 0.2) is 0 Å². The first-order chi connectivity index (χ1) is 10.4. The number of carbonyl (C=O) groups is 1. The van der Waals surface area contributed by atoms with Gasteiger partial charge in [-0.05, 0) is 56.5 Å². The second-order valence-corrected chi connectivity index (χ2v) is 5.55. The average molecular weight is 305 g/mol. The van der Waals surface area contributed by atoms with Gasteiger partial charge < -0.3 is 9.47 Å². The van der Waals surface area contributed by atoms with Gasteiger partial charge in [-0.15, -0.1) is 0 Å². The average Bonchev–Trinajstić information content (AvgIpc) is 2.45. The molecule has 118 valence electrons. The molecule has 22 heavy (non-hydrogen) atoms. The Labute approximate surface area is 129 Å². The molecule has 0 bridgehead atoms. The Morgan fingerprint density at radius 3 is 2.95 bits per heavy atom. The van der Waals surface area contributed by atoms with Gasteiger partial charge in [-0.2, -0.15) is 0 Å². The highest BCUT2D eigenvalue weighted by molar-refractivity contribution is 5.86. The number of pyridine rings is 1. The molecular weight excluding hydrogens is 285 g/mol. The van der Waals surface area contributed by atoms with E-state index < -0.39 is 11.8 Å². The summed E-state index contributed by atoms with van der Waals surface area (Å²) in [6.45, 7) is 6.52. The molecule has 0 aromatic carbocycles. The maximum Gasteiger partial charge on any atom is 0.330 e. The van der Waals surface area contributed by atoms with Crippen LogP contribution < -0.4 is 0 Å². The topological polar surface area (TPSA) is 48.4 Å². The minimum Gasteiger partial charge on any atom is -0.463 e. The Balaban J connectivity index is 2.20. The predicted octanol–water partition coefficient (Wildman–Crippen LogP) is 3.38. The minimum absolute atomic E-state index is 0.115. The maximum atomic E-state index is 14.1. The lowest BCUT2D eigenvalue weighted by Crippen LogP contribution is -2.26. The largest absolute Gasteiger partial charge is 0.463 e. The first-order valence-electron chi connectivity index (χ1n) is 7.28. The monoisotopic (exact) mass is 305 g/mol. The van der Waals surface area contributed by atoms with Crippen molar-refractivity contribution >= 4 is 17.6 Å². The zero-order valence-corrected chi connectivity index (χ0v) is 13.1. The number of nitrogens with zero attached hydrogens (tertiary/aromatic N) is 1. The molecule has 0 unspecified atom stereocenters. The first-order valence-corrected chi connectivity index (χ1v) is 7.28. The molecule has 2 rings (SSSR count). The third-order valence-electron chi connectivity index (χ3n) is 3.27. The van der Waals surface area contributed by atoms with Gasteiger partial charge in [0.2, 0.25) is 0 Å². The van der Waals surface area contributed by atoms with Crippen LogP contribution in [0.3, 0.4) is 0 Å². The van der Waals surface area contributed by atoms with Gasteiger partial charge in [-0.1, -0.05) is 0 Å². The standard InChI is InChI=1S/C17H20FNO3/c1-4-21-16(20)6-5-15-14(18)9-13(11-19-15)12-7-8-22-17(2,3)10-12/h5-6,9-11H,4,7-8H2,1-3H3/b6-5+. The summed E-state index contributed by atoms with van der Waals surface area (Å²) in [5, 5.41) is 0. The molecular formula is C17H20FNO3. The lowest BCUT2D eigenvalue weighted by atomic mass is 9.95. The highest BCUT2D eigenvalue weighted by atomic mass is 19.1. The van der Waals surface area contributed by atoms with E-state index in [0.717, 1.165) is 17.6 Å². The predicted molar refractivity (Wildman–Crippen MR) is 82.5 cm³/mol. The fourth-order valence-electron chi connectivity index (χ4n) is 2.27. The van der Waals surface area contributed by atoms with Crippen molar-refractivity contribution in [3.63, 3.8) is 0 Å². The summed E-state index contributed by atoms with van der Waals surface area (Å²) in [6.07, 6.45) is 6.82. The van der Waals surface area contributed by atoms with Gasteiger partial charge in [-0.3, -0.25) is 4.98 Å². The van der Waals surface area contributed by atoms with E-state index in [-0.39, 0.29) is 17.9 Å². The number of halogens is 1. The van der Waals surface area contributed by atoms with Gasteiger partial charge in [0.25, 0.3) is 0 Å². The van der Waals surface area contributed by atoms with Crippen LogP contribution in [0.5, 0.6) is 0 Å². The smallest absolute Gasteiger partial charge is 0.330 e. The van der Waals surface area contributed by atoms with E-state index in [9.17, 15) is 9.18 Å². The Hall–Kier alpha value is -2.01. The van der Waals surface area contributed by atoms with Crippen LogP contribution >= 0.6 is 0 Å². The summed E-state index contributed by atoms with van der Waals surface area (Å²) >= 11 is 0. The van der Waals surface area contributed by atoms with Crippen LogP contribution in [0.15, 0.2) is 24.4 Å². The Morgan fingerprint density at radius 2 is 2.32 bits per heavy atom. The lowest BCUT2D eigenvalue weighted by Gasteiger charge is -2.28. The first kappa shape index (κ1) is 16.4. The molecule has 1 aliphatic heterocycles. The molecule has 0 saturated carbocycles. The number of carbonyl (C=O) groups excluding carboxylic acids is 1. The van der Waals surface area contributed by atoms with Crippen LogP contribution in [-0.2, 0) is 14.3 Å². The molecule has 0 fully saturated rings. The summed E-state index contributed by atoms with van der Waals surface area (Å²) in [4.78, 5) is 15.3. The van der Waals surface area contributed by atoms with Crippen molar-refractivity contribution in [2.45, 2.75) is 32.8 Å². The summed E-state index contributed by atoms with van der Waals surface area (Å²) in [6, 6.07) is 1.44. The second-order valence-electron chi connectivity index (χ2n) is 5.55. The fraction of sp³-hybridized carbons (Fsp3) is 0.412. The van der Waals surface area contributed by atoms with E-state index >= 15 is 0 Å². The number of hydrogen-bond donors (Lipinski definition) is 0. The summed E-state index contributed by atoms with van der Waals surface area (Å²) < 4.78 is 24.5. The van der Waals surface area contributed by atoms with E-state index in [1.165, 1.54) is 18.2 Å². The minimum atomic E-state index is -0.512. The van der Waals surface area contributed by atoms with Crippen LogP contribution in [0.1, 0.15) is 38.4 Å². The molecule has 0 spiro atoms. The van der Waals surface area contributed by atoms with E-state index in [1.54, 1.807) is 13.1 Å². The van der Waals surface area contributed by atoms with E-state index in [2.05, 4.69) is 4.98 Å². The summed E-state index contributed by atoms with van der Waals surface area (Å²) in [5.41, 5.74) is 1.52. The number of hydrogen-bond acceptors (Lipinski definition) is 4. The molecule has 0 aliphatic carbocycles. The van der Waals surface area contributed by atoms with Crippen molar-refractivity contribution < 1.29 is 18.7 Å². The van der Waals surface area contributed by atoms with Crippen molar-refractivity contribution in [1.82, 2.24) is 4.98 Å². The molecule has 0 N–H and O–H groups in total. The number of aromatic nitrogens is 1. The molecule has 1 aromatic heterocycles. The highest BCUT2D eigenvalue weighted by Gasteiger charge is 2.22. The lowest BCUT2D eigenvalue weighted by molar-refractivity contribution is -0.137. The van der Waals surface area contributed by atoms with Gasteiger partial charge in [0, 0.05) is 12.3 Å². The molecule has 4 nitrogen and oxygen atoms in total. The van der Waals surface area contributed by atoms with Gasteiger partial charge in [0.1, 0.15) is 5.82 Å². The van der Waals surface area contributed by atoms with Gasteiger partial charge >= 0.3 is 5.97 Å². The Bertz CT molecular complexity index is 620. The summed E-state index contributed by atoms with van der Waals surface area (Å²) in [5.74, 6) is -0.982. The van der Waals surface area contributed by atoms with Crippen molar-refractivity contribution in [3.05, 3.63) is 41.5 Å². The highest BCUT2D eigenvalue weighted by Crippen LogP contribution is 2.29. The molecule has 0 radical (unpaired) electrons. The van der Waals surface area contributed by atoms with Crippen LogP contribution in [0.4, 0.5) is 4.39 Å². The quantitative estimate of drug-likeness (QED) is 0.632. The molecule has 5 heteroatoms. The van der Waals surface area contributed by atoms with E-state index in [0.29, 0.717) is 6.61 Å². The van der Waals surface area contributed by atoms with Crippen molar-refractivity contribution in [2.75, 3.05) is 13.2 Å². The van der Waals surface area contributed by atoms with Crippen molar-refractivity contribution in [1.29, 1.82) is 0 Å². The fourth-order valence-corrected chi connectivity index (χ4v) is 2.27. The SMILES string of the molecule is CCOC(=O)/C=C/c1ncc(C2=CC(C)(C)OCC2)cc1F. The maximum absolute atomic E-state index is 14.1. The Kier molecular flexibility index (Phi) is 5.08. The van der Waals surface area contributed by atoms with Crippen molar-refractivity contribution in [2.24, 2.45) is 0 Å². The van der Waals surface area contributed by atoms with E-state index in [1.807, 2.05) is 19.9 Å². The number of ether oxygens (including phenoxy) is 2. The zero-order chi connectivity index (χ0) is 16.2. The van der Waals surface area contributed by atoms with Crippen LogP contribution in [0.25, 0.3) is 11.6 Å². The zero-order valence-electron chi connectivity index (χ0n) is 13.1. The number of esters is 1. The third kappa shape index (κ3) is 4.24. The Morgan fingerprint density at radius 1 is 1.55 bits per heavy atom. The van der Waals surface area contributed by atoms with Crippen LogP contribution in [-0.4, -0.2) is 29.8 Å². The van der Waals surface area contributed by atoms with Gasteiger partial charge in [-0.25, -0.2) is 9.18 Å². The molecule has 0 amide bonds. The normalized spacial score (nSPS) is 17.4.